The molecule has 0 aromatic carbocycles. The van der Waals surface area contributed by atoms with E-state index in [1.165, 1.54) is 13.8 Å². The van der Waals surface area contributed by atoms with Crippen LogP contribution < -0.4 is 10.2 Å². The van der Waals surface area contributed by atoms with Crippen LogP contribution in [-0.2, 0) is 9.59 Å². The summed E-state index contributed by atoms with van der Waals surface area (Å²) in [6.45, 7) is 2.68. The fourth-order valence-electron chi connectivity index (χ4n) is 1.87. The third-order valence-electron chi connectivity index (χ3n) is 2.29. The summed E-state index contributed by atoms with van der Waals surface area (Å²) in [6, 6.07) is 0. The average Bonchev–Trinajstić information content (AvgIpc) is 1.98. The summed E-state index contributed by atoms with van der Waals surface area (Å²) < 4.78 is 0. The highest BCUT2D eigenvalue weighted by Crippen LogP contribution is 2.33. The Morgan fingerprint density at radius 2 is 1.50 bits per heavy atom. The molecule has 2 unspecified atom stereocenters. The number of carbonyl (C=O) groups is 2. The Balaban J connectivity index is 5.03. The van der Waals surface area contributed by atoms with Crippen LogP contribution in [0.4, 0.5) is 0 Å². The van der Waals surface area contributed by atoms with E-state index >= 15 is 0 Å². The van der Waals surface area contributed by atoms with Crippen molar-refractivity contribution in [2.24, 2.45) is 5.41 Å². The van der Waals surface area contributed by atoms with Gasteiger partial charge in [-0.25, -0.2) is 0 Å². The summed E-state index contributed by atoms with van der Waals surface area (Å²) in [4.78, 5) is 21.5. The summed E-state index contributed by atoms with van der Waals surface area (Å²) in [6.07, 6.45) is -3.39. The van der Waals surface area contributed by atoms with Gasteiger partial charge in [-0.1, -0.05) is 0 Å². The van der Waals surface area contributed by atoms with Gasteiger partial charge in [0.05, 0.1) is 12.2 Å². The van der Waals surface area contributed by atoms with Gasteiger partial charge in [-0.15, -0.1) is 0 Å². The van der Waals surface area contributed by atoms with Gasteiger partial charge >= 0.3 is 0 Å². The van der Waals surface area contributed by atoms with Crippen LogP contribution in [0.2, 0.25) is 0 Å². The fourth-order valence-corrected chi connectivity index (χ4v) is 1.87. The van der Waals surface area contributed by atoms with Gasteiger partial charge in [-0.05, 0) is 33.1 Å². The fraction of sp³-hybridized carbons (Fsp3) is 0.800. The normalized spacial score (nSPS) is 18.5. The first kappa shape index (κ1) is 14.9. The Hall–Kier alpha value is -1.14. The zero-order valence-electron chi connectivity index (χ0n) is 9.30. The lowest BCUT2D eigenvalue weighted by Crippen LogP contribution is -2.49. The van der Waals surface area contributed by atoms with Crippen molar-refractivity contribution in [3.8, 4) is 0 Å². The molecule has 0 rings (SSSR count). The zero-order valence-corrected chi connectivity index (χ0v) is 9.30. The van der Waals surface area contributed by atoms with Crippen LogP contribution in [0.15, 0.2) is 0 Å². The lowest BCUT2D eigenvalue weighted by Gasteiger charge is -2.37. The molecular weight excluding hydrogens is 216 g/mol. The summed E-state index contributed by atoms with van der Waals surface area (Å²) >= 11 is 0. The molecule has 16 heavy (non-hydrogen) atoms. The molecule has 0 aliphatic rings. The van der Waals surface area contributed by atoms with E-state index in [2.05, 4.69) is 0 Å². The molecule has 2 atom stereocenters. The molecule has 0 aromatic heterocycles. The van der Waals surface area contributed by atoms with Crippen molar-refractivity contribution in [2.45, 2.75) is 45.3 Å². The SMILES string of the molecule is CC(O)CC(CC(=O)[O-])(CC(C)O)C(=O)[O-]. The predicted molar refractivity (Wildman–Crippen MR) is 49.7 cm³/mol. The zero-order chi connectivity index (χ0) is 12.9. The molecular formula is C10H16O6-2. The first-order valence-corrected chi connectivity index (χ1v) is 4.97. The number of hydrogen-bond donors (Lipinski definition) is 2. The van der Waals surface area contributed by atoms with Crippen LogP contribution in [0, 0.1) is 5.41 Å². The number of aliphatic hydroxyl groups excluding tert-OH is 2. The second-order valence-corrected chi connectivity index (χ2v) is 4.22. The van der Waals surface area contributed by atoms with Gasteiger partial charge < -0.3 is 30.0 Å². The molecule has 0 aliphatic heterocycles. The second kappa shape index (κ2) is 5.81. The molecule has 6 heteroatoms. The van der Waals surface area contributed by atoms with Crippen molar-refractivity contribution < 1.29 is 30.0 Å². The van der Waals surface area contributed by atoms with Crippen LogP contribution in [0.5, 0.6) is 0 Å². The molecule has 2 N–H and O–H groups in total. The quantitative estimate of drug-likeness (QED) is 0.496. The Morgan fingerprint density at radius 3 is 1.69 bits per heavy atom. The molecule has 0 saturated carbocycles. The van der Waals surface area contributed by atoms with Gasteiger partial charge in [-0.3, -0.25) is 0 Å². The van der Waals surface area contributed by atoms with E-state index in [9.17, 15) is 30.0 Å². The molecule has 0 fully saturated rings. The summed E-state index contributed by atoms with van der Waals surface area (Å²) in [5, 5.41) is 39.9. The standard InChI is InChI=1S/C10H18O6/c1-6(11)3-10(9(15)16,4-7(2)12)5-8(13)14/h6-7,11-12H,3-5H2,1-2H3,(H,13,14)(H,15,16)/p-2. The largest absolute Gasteiger partial charge is 0.550 e. The number of rotatable bonds is 7. The van der Waals surface area contributed by atoms with Crippen LogP contribution in [0.3, 0.4) is 0 Å². The van der Waals surface area contributed by atoms with E-state index in [1.807, 2.05) is 0 Å². The molecule has 0 bridgehead atoms. The van der Waals surface area contributed by atoms with Gasteiger partial charge in [0.25, 0.3) is 0 Å². The molecule has 6 nitrogen and oxygen atoms in total. The molecule has 0 spiro atoms. The highest BCUT2D eigenvalue weighted by Gasteiger charge is 2.34. The Kier molecular flexibility index (Phi) is 5.40. The minimum absolute atomic E-state index is 0.297. The van der Waals surface area contributed by atoms with Crippen LogP contribution in [-0.4, -0.2) is 34.4 Å². The van der Waals surface area contributed by atoms with Gasteiger partial charge in [0.15, 0.2) is 0 Å². The highest BCUT2D eigenvalue weighted by atomic mass is 16.4. The maximum Gasteiger partial charge on any atom is 0.0521 e. The first-order chi connectivity index (χ1) is 7.19. The van der Waals surface area contributed by atoms with Crippen molar-refractivity contribution in [2.75, 3.05) is 0 Å². The van der Waals surface area contributed by atoms with Gasteiger partial charge in [0, 0.05) is 17.4 Å². The summed E-state index contributed by atoms with van der Waals surface area (Å²) in [5.41, 5.74) is -1.79. The third-order valence-corrected chi connectivity index (χ3v) is 2.29. The third kappa shape index (κ3) is 4.59. The number of hydrogen-bond acceptors (Lipinski definition) is 6. The predicted octanol–water partition coefficient (Wildman–Crippen LogP) is -2.60. The number of carbonyl (C=O) groups excluding carboxylic acids is 2. The highest BCUT2D eigenvalue weighted by molar-refractivity contribution is 5.79. The van der Waals surface area contributed by atoms with E-state index in [4.69, 9.17) is 0 Å². The number of carboxylic acid groups (broad SMARTS) is 2. The molecule has 94 valence electrons. The number of aliphatic carboxylic acids is 2. The second-order valence-electron chi connectivity index (χ2n) is 4.22. The Labute approximate surface area is 93.5 Å². The van der Waals surface area contributed by atoms with Gasteiger partial charge in [0.1, 0.15) is 0 Å². The monoisotopic (exact) mass is 232 g/mol. The van der Waals surface area contributed by atoms with E-state index in [0.29, 0.717) is 0 Å². The average molecular weight is 232 g/mol. The molecule has 0 heterocycles. The van der Waals surface area contributed by atoms with Crippen molar-refractivity contribution in [3.05, 3.63) is 0 Å². The van der Waals surface area contributed by atoms with Crippen molar-refractivity contribution in [1.82, 2.24) is 0 Å². The Morgan fingerprint density at radius 1 is 1.12 bits per heavy atom. The van der Waals surface area contributed by atoms with Crippen LogP contribution in [0.1, 0.15) is 33.1 Å². The number of aliphatic hydroxyl groups is 2. The maximum absolute atomic E-state index is 11.0. The minimum atomic E-state index is -1.79. The molecule has 0 saturated heterocycles. The molecule has 0 amide bonds. The van der Waals surface area contributed by atoms with E-state index in [-0.39, 0.29) is 12.8 Å². The molecule has 0 radical (unpaired) electrons. The molecule has 0 aromatic rings. The summed E-state index contributed by atoms with van der Waals surface area (Å²) in [7, 11) is 0. The minimum Gasteiger partial charge on any atom is -0.550 e. The first-order valence-electron chi connectivity index (χ1n) is 4.97. The maximum atomic E-state index is 11.0. The van der Waals surface area contributed by atoms with Gasteiger partial charge in [-0.2, -0.15) is 0 Å². The van der Waals surface area contributed by atoms with Gasteiger partial charge in [0.2, 0.25) is 0 Å². The number of carboxylic acids is 2. The van der Waals surface area contributed by atoms with E-state index in [1.54, 1.807) is 0 Å². The summed E-state index contributed by atoms with van der Waals surface area (Å²) in [5.74, 6) is -3.15. The topological polar surface area (TPSA) is 121 Å². The van der Waals surface area contributed by atoms with Crippen molar-refractivity contribution in [3.63, 3.8) is 0 Å². The van der Waals surface area contributed by atoms with Crippen LogP contribution in [0.25, 0.3) is 0 Å². The van der Waals surface area contributed by atoms with E-state index < -0.39 is 36.0 Å². The lowest BCUT2D eigenvalue weighted by molar-refractivity contribution is -0.330. The molecule has 0 aliphatic carbocycles. The Bertz CT molecular complexity index is 248. The smallest absolute Gasteiger partial charge is 0.0521 e. The van der Waals surface area contributed by atoms with Crippen molar-refractivity contribution >= 4 is 11.9 Å². The van der Waals surface area contributed by atoms with Crippen molar-refractivity contribution in [1.29, 1.82) is 0 Å². The van der Waals surface area contributed by atoms with Crippen LogP contribution >= 0.6 is 0 Å². The van der Waals surface area contributed by atoms with E-state index in [0.717, 1.165) is 0 Å². The lowest BCUT2D eigenvalue weighted by atomic mass is 9.75.